The van der Waals surface area contributed by atoms with Crippen LogP contribution < -0.4 is 4.90 Å². The molecule has 0 aromatic heterocycles. The Morgan fingerprint density at radius 2 is 1.81 bits per heavy atom. The number of halogens is 2. The topological polar surface area (TPSA) is 6.48 Å². The third kappa shape index (κ3) is 2.16. The van der Waals surface area contributed by atoms with Crippen LogP contribution in [-0.4, -0.2) is 37.6 Å². The van der Waals surface area contributed by atoms with Gasteiger partial charge in [0, 0.05) is 26.2 Å². The van der Waals surface area contributed by atoms with E-state index in [-0.39, 0.29) is 0 Å². The summed E-state index contributed by atoms with van der Waals surface area (Å²) in [6.07, 6.45) is 0. The largest absolute Gasteiger partial charge is 0.367 e. The highest BCUT2D eigenvalue weighted by atomic mass is 19.2. The molecular weight excluding hydrogens is 210 g/mol. The fraction of sp³-hybridized carbons (Fsp3) is 0.500. The second kappa shape index (κ2) is 4.78. The lowest BCUT2D eigenvalue weighted by Crippen LogP contribution is -2.46. The van der Waals surface area contributed by atoms with Gasteiger partial charge in [0.15, 0.2) is 11.6 Å². The summed E-state index contributed by atoms with van der Waals surface area (Å²) in [7, 11) is 0. The van der Waals surface area contributed by atoms with Crippen LogP contribution in [0.2, 0.25) is 0 Å². The Bertz CT molecular complexity index is 360. The van der Waals surface area contributed by atoms with E-state index in [4.69, 9.17) is 0 Å². The van der Waals surface area contributed by atoms with Crippen molar-refractivity contribution in [2.45, 2.75) is 6.92 Å². The van der Waals surface area contributed by atoms with Gasteiger partial charge < -0.3 is 9.80 Å². The molecule has 1 aromatic rings. The Hall–Kier alpha value is -1.16. The van der Waals surface area contributed by atoms with E-state index in [0.717, 1.165) is 38.8 Å². The van der Waals surface area contributed by atoms with Crippen LogP contribution in [0, 0.1) is 11.6 Å². The van der Waals surface area contributed by atoms with E-state index in [9.17, 15) is 8.78 Å². The molecule has 0 bridgehead atoms. The maximum Gasteiger partial charge on any atom is 0.182 e. The molecule has 0 radical (unpaired) electrons. The average Bonchev–Trinajstić information content (AvgIpc) is 2.33. The first-order chi connectivity index (χ1) is 7.72. The second-order valence-electron chi connectivity index (χ2n) is 3.99. The van der Waals surface area contributed by atoms with Crippen molar-refractivity contribution in [3.63, 3.8) is 0 Å². The smallest absolute Gasteiger partial charge is 0.182 e. The van der Waals surface area contributed by atoms with E-state index in [1.54, 1.807) is 12.1 Å². The molecule has 1 aliphatic heterocycles. The number of rotatable bonds is 2. The zero-order chi connectivity index (χ0) is 11.5. The molecule has 1 heterocycles. The molecule has 0 unspecified atom stereocenters. The Kier molecular flexibility index (Phi) is 3.39. The lowest BCUT2D eigenvalue weighted by molar-refractivity contribution is 0.270. The Balaban J connectivity index is 2.11. The molecule has 16 heavy (non-hydrogen) atoms. The maximum absolute atomic E-state index is 13.5. The summed E-state index contributed by atoms with van der Waals surface area (Å²) in [5.74, 6) is -1.50. The lowest BCUT2D eigenvalue weighted by atomic mass is 10.2. The molecule has 1 saturated heterocycles. The lowest BCUT2D eigenvalue weighted by Gasteiger charge is -2.35. The number of hydrogen-bond acceptors (Lipinski definition) is 2. The molecule has 1 aromatic carbocycles. The zero-order valence-corrected chi connectivity index (χ0v) is 9.42. The van der Waals surface area contributed by atoms with Gasteiger partial charge in [-0.1, -0.05) is 13.0 Å². The number of anilines is 1. The standard InChI is InChI=1S/C12H16F2N2/c1-2-15-6-8-16(9-7-15)11-5-3-4-10(13)12(11)14/h3-5H,2,6-9H2,1H3. The van der Waals surface area contributed by atoms with Crippen molar-refractivity contribution in [1.29, 1.82) is 0 Å². The van der Waals surface area contributed by atoms with E-state index in [0.29, 0.717) is 5.69 Å². The first-order valence-corrected chi connectivity index (χ1v) is 5.63. The van der Waals surface area contributed by atoms with Gasteiger partial charge in [0.2, 0.25) is 0 Å². The molecule has 0 atom stereocenters. The van der Waals surface area contributed by atoms with Crippen LogP contribution in [0.1, 0.15) is 6.92 Å². The van der Waals surface area contributed by atoms with Gasteiger partial charge in [0.05, 0.1) is 5.69 Å². The highest BCUT2D eigenvalue weighted by molar-refractivity contribution is 5.48. The number of piperazine rings is 1. The van der Waals surface area contributed by atoms with Gasteiger partial charge in [-0.3, -0.25) is 0 Å². The minimum atomic E-state index is -0.768. The molecule has 0 aliphatic carbocycles. The summed E-state index contributed by atoms with van der Waals surface area (Å²) in [6, 6.07) is 4.35. The van der Waals surface area contributed by atoms with Crippen molar-refractivity contribution in [2.24, 2.45) is 0 Å². The maximum atomic E-state index is 13.5. The van der Waals surface area contributed by atoms with Crippen molar-refractivity contribution < 1.29 is 8.78 Å². The molecule has 88 valence electrons. The zero-order valence-electron chi connectivity index (χ0n) is 9.42. The second-order valence-corrected chi connectivity index (χ2v) is 3.99. The van der Waals surface area contributed by atoms with E-state index >= 15 is 0 Å². The summed E-state index contributed by atoms with van der Waals surface area (Å²) in [6.45, 7) is 6.46. The van der Waals surface area contributed by atoms with E-state index in [1.807, 2.05) is 4.90 Å². The molecule has 2 nitrogen and oxygen atoms in total. The van der Waals surface area contributed by atoms with Crippen LogP contribution >= 0.6 is 0 Å². The third-order valence-electron chi connectivity index (χ3n) is 3.09. The SMILES string of the molecule is CCN1CCN(c2cccc(F)c2F)CC1. The van der Waals surface area contributed by atoms with Crippen LogP contribution in [-0.2, 0) is 0 Å². The monoisotopic (exact) mass is 226 g/mol. The predicted octanol–water partition coefficient (Wildman–Crippen LogP) is 2.11. The van der Waals surface area contributed by atoms with Crippen molar-refractivity contribution in [3.8, 4) is 0 Å². The summed E-state index contributed by atoms with van der Waals surface area (Å²) >= 11 is 0. The molecule has 1 fully saturated rings. The van der Waals surface area contributed by atoms with Gasteiger partial charge >= 0.3 is 0 Å². The minimum absolute atomic E-state index is 0.385. The van der Waals surface area contributed by atoms with Crippen LogP contribution in [0.5, 0.6) is 0 Å². The normalized spacial score (nSPS) is 17.8. The van der Waals surface area contributed by atoms with Gasteiger partial charge in [-0.05, 0) is 18.7 Å². The molecule has 4 heteroatoms. The van der Waals surface area contributed by atoms with Gasteiger partial charge in [0.25, 0.3) is 0 Å². The van der Waals surface area contributed by atoms with Crippen molar-refractivity contribution >= 4 is 5.69 Å². The van der Waals surface area contributed by atoms with Gasteiger partial charge in [-0.2, -0.15) is 0 Å². The highest BCUT2D eigenvalue weighted by Gasteiger charge is 2.19. The van der Waals surface area contributed by atoms with Crippen molar-refractivity contribution in [2.75, 3.05) is 37.6 Å². The number of nitrogens with zero attached hydrogens (tertiary/aromatic N) is 2. The molecule has 2 rings (SSSR count). The fourth-order valence-electron chi connectivity index (χ4n) is 2.04. The summed E-state index contributed by atoms with van der Waals surface area (Å²) in [4.78, 5) is 4.21. The summed E-state index contributed by atoms with van der Waals surface area (Å²) in [5, 5.41) is 0. The third-order valence-corrected chi connectivity index (χ3v) is 3.09. The van der Waals surface area contributed by atoms with Crippen LogP contribution in [0.3, 0.4) is 0 Å². The first-order valence-electron chi connectivity index (χ1n) is 5.63. The van der Waals surface area contributed by atoms with Crippen molar-refractivity contribution in [1.82, 2.24) is 4.90 Å². The highest BCUT2D eigenvalue weighted by Crippen LogP contribution is 2.22. The van der Waals surface area contributed by atoms with E-state index in [2.05, 4.69) is 11.8 Å². The van der Waals surface area contributed by atoms with E-state index < -0.39 is 11.6 Å². The minimum Gasteiger partial charge on any atom is -0.367 e. The van der Waals surface area contributed by atoms with Crippen LogP contribution in [0.15, 0.2) is 18.2 Å². The molecule has 0 amide bonds. The average molecular weight is 226 g/mol. The first kappa shape index (κ1) is 11.3. The molecular formula is C12H16F2N2. The molecule has 0 N–H and O–H groups in total. The number of benzene rings is 1. The Labute approximate surface area is 94.5 Å². The van der Waals surface area contributed by atoms with Gasteiger partial charge in [-0.25, -0.2) is 8.78 Å². The number of hydrogen-bond donors (Lipinski definition) is 0. The molecule has 1 aliphatic rings. The Morgan fingerprint density at radius 1 is 1.12 bits per heavy atom. The van der Waals surface area contributed by atoms with Gasteiger partial charge in [0.1, 0.15) is 0 Å². The summed E-state index contributed by atoms with van der Waals surface area (Å²) < 4.78 is 26.6. The fourth-order valence-corrected chi connectivity index (χ4v) is 2.04. The molecule has 0 saturated carbocycles. The Morgan fingerprint density at radius 3 is 2.44 bits per heavy atom. The van der Waals surface area contributed by atoms with Gasteiger partial charge in [-0.15, -0.1) is 0 Å². The molecule has 0 spiro atoms. The summed E-state index contributed by atoms with van der Waals surface area (Å²) in [5.41, 5.74) is 0.385. The predicted molar refractivity (Wildman–Crippen MR) is 60.7 cm³/mol. The van der Waals surface area contributed by atoms with Crippen LogP contribution in [0.4, 0.5) is 14.5 Å². The number of likely N-dealkylation sites (N-methyl/N-ethyl adjacent to an activating group) is 1. The quantitative estimate of drug-likeness (QED) is 0.762. The van der Waals surface area contributed by atoms with Crippen LogP contribution in [0.25, 0.3) is 0 Å². The van der Waals surface area contributed by atoms with Crippen molar-refractivity contribution in [3.05, 3.63) is 29.8 Å². The van der Waals surface area contributed by atoms with E-state index in [1.165, 1.54) is 0 Å².